The molecular formula is C18H20FNO3S. The highest BCUT2D eigenvalue weighted by atomic mass is 32.2. The number of halogens is 1. The van der Waals surface area contributed by atoms with Gasteiger partial charge in [-0.3, -0.25) is 0 Å². The Hall–Kier alpha value is -1.92. The number of ether oxygens (including phenoxy) is 1. The summed E-state index contributed by atoms with van der Waals surface area (Å²) >= 11 is 0. The van der Waals surface area contributed by atoms with E-state index >= 15 is 0 Å². The number of hydrogen-bond donors (Lipinski definition) is 1. The quantitative estimate of drug-likeness (QED) is 0.922. The lowest BCUT2D eigenvalue weighted by atomic mass is 10.0. The van der Waals surface area contributed by atoms with Crippen LogP contribution in [0.5, 0.6) is 5.75 Å². The maximum atomic E-state index is 14.1. The van der Waals surface area contributed by atoms with Crippen molar-refractivity contribution in [3.63, 3.8) is 0 Å². The van der Waals surface area contributed by atoms with Crippen molar-refractivity contribution in [3.8, 4) is 5.75 Å². The Morgan fingerprint density at radius 2 is 2.00 bits per heavy atom. The van der Waals surface area contributed by atoms with Gasteiger partial charge in [-0.05, 0) is 42.7 Å². The number of rotatable bonds is 4. The zero-order valence-corrected chi connectivity index (χ0v) is 14.4. The molecular weight excluding hydrogens is 329 g/mol. The topological polar surface area (TPSA) is 55.4 Å². The normalized spacial score (nSPS) is 18.5. The highest BCUT2D eigenvalue weighted by Gasteiger charge is 2.22. The van der Waals surface area contributed by atoms with Gasteiger partial charge in [-0.2, -0.15) is 0 Å². The zero-order valence-electron chi connectivity index (χ0n) is 13.6. The maximum absolute atomic E-state index is 14.1. The van der Waals surface area contributed by atoms with E-state index in [9.17, 15) is 12.8 Å². The van der Waals surface area contributed by atoms with Gasteiger partial charge in [0.2, 0.25) is 0 Å². The molecule has 2 atom stereocenters. The predicted octanol–water partition coefficient (Wildman–Crippen LogP) is 2.88. The summed E-state index contributed by atoms with van der Waals surface area (Å²) < 4.78 is 42.8. The van der Waals surface area contributed by atoms with E-state index < -0.39 is 15.7 Å². The summed E-state index contributed by atoms with van der Waals surface area (Å²) in [6, 6.07) is 12.2. The summed E-state index contributed by atoms with van der Waals surface area (Å²) in [7, 11) is -3.55. The first-order valence-electron chi connectivity index (χ1n) is 7.81. The van der Waals surface area contributed by atoms with Crippen LogP contribution in [0.3, 0.4) is 0 Å². The number of hydrogen-bond acceptors (Lipinski definition) is 4. The molecule has 0 amide bonds. The second-order valence-corrected chi connectivity index (χ2v) is 8.15. The van der Waals surface area contributed by atoms with Crippen molar-refractivity contribution < 1.29 is 17.5 Å². The lowest BCUT2D eigenvalue weighted by molar-refractivity contribution is 0.229. The molecule has 24 heavy (non-hydrogen) atoms. The summed E-state index contributed by atoms with van der Waals surface area (Å²) in [6.45, 7) is 2.47. The third-order valence-electron chi connectivity index (χ3n) is 4.22. The van der Waals surface area contributed by atoms with Crippen LogP contribution in [0.4, 0.5) is 4.39 Å². The maximum Gasteiger partial charge on any atom is 0.178 e. The Morgan fingerprint density at radius 3 is 2.71 bits per heavy atom. The Kier molecular flexibility index (Phi) is 4.60. The molecule has 1 aliphatic heterocycles. The van der Waals surface area contributed by atoms with Crippen molar-refractivity contribution in [1.29, 1.82) is 0 Å². The zero-order chi connectivity index (χ0) is 17.3. The molecule has 2 aromatic rings. The molecule has 0 saturated carbocycles. The van der Waals surface area contributed by atoms with Crippen LogP contribution in [0.1, 0.15) is 24.1 Å². The molecule has 0 bridgehead atoms. The van der Waals surface area contributed by atoms with E-state index in [1.165, 1.54) is 12.1 Å². The molecule has 0 radical (unpaired) electrons. The van der Waals surface area contributed by atoms with Crippen LogP contribution < -0.4 is 10.1 Å². The van der Waals surface area contributed by atoms with E-state index in [2.05, 4.69) is 5.32 Å². The number of sulfone groups is 1. The van der Waals surface area contributed by atoms with E-state index in [1.54, 1.807) is 6.07 Å². The fraction of sp³-hybridized carbons (Fsp3) is 0.333. The molecule has 1 heterocycles. The second-order valence-electron chi connectivity index (χ2n) is 6.17. The third-order valence-corrected chi connectivity index (χ3v) is 5.35. The Balaban J connectivity index is 1.72. The van der Waals surface area contributed by atoms with E-state index in [4.69, 9.17) is 4.74 Å². The van der Waals surface area contributed by atoms with Crippen LogP contribution in [-0.4, -0.2) is 27.3 Å². The Labute approximate surface area is 141 Å². The summed E-state index contributed by atoms with van der Waals surface area (Å²) in [5.41, 5.74) is 1.85. The van der Waals surface area contributed by atoms with Gasteiger partial charge in [0.1, 0.15) is 23.1 Å². The molecule has 0 saturated heterocycles. The molecule has 1 aliphatic rings. The third kappa shape index (κ3) is 3.60. The summed E-state index contributed by atoms with van der Waals surface area (Å²) in [5, 5.41) is 3.42. The minimum absolute atomic E-state index is 0.118. The Morgan fingerprint density at radius 1 is 1.25 bits per heavy atom. The van der Waals surface area contributed by atoms with Crippen molar-refractivity contribution in [2.75, 3.05) is 12.9 Å². The first-order chi connectivity index (χ1) is 11.3. The summed E-state index contributed by atoms with van der Waals surface area (Å²) in [4.78, 5) is -0.270. The minimum atomic E-state index is -3.55. The lowest BCUT2D eigenvalue weighted by Crippen LogP contribution is -2.40. The van der Waals surface area contributed by atoms with Gasteiger partial charge in [0.15, 0.2) is 9.84 Å². The van der Waals surface area contributed by atoms with Gasteiger partial charge in [-0.1, -0.05) is 24.3 Å². The molecule has 0 unspecified atom stereocenters. The number of para-hydroxylation sites is 1. The monoisotopic (exact) mass is 349 g/mol. The van der Waals surface area contributed by atoms with Gasteiger partial charge in [-0.15, -0.1) is 0 Å². The standard InChI is InChI=1S/C18H20FNO3S/c1-12(13-7-8-18(16(19)10-13)24(2,21)22)20-15-9-14-5-3-4-6-17(14)23-11-15/h3-8,10,12,15,20H,9,11H2,1-2H3/t12-,15+/m1/s1. The average Bonchev–Trinajstić information content (AvgIpc) is 2.53. The fourth-order valence-corrected chi connectivity index (χ4v) is 3.70. The van der Waals surface area contributed by atoms with Gasteiger partial charge < -0.3 is 10.1 Å². The van der Waals surface area contributed by atoms with Gasteiger partial charge in [0.05, 0.1) is 0 Å². The predicted molar refractivity (Wildman–Crippen MR) is 90.5 cm³/mol. The molecule has 4 nitrogen and oxygen atoms in total. The molecule has 128 valence electrons. The number of benzene rings is 2. The van der Waals surface area contributed by atoms with E-state index in [-0.39, 0.29) is 17.0 Å². The van der Waals surface area contributed by atoms with Crippen molar-refractivity contribution in [3.05, 3.63) is 59.4 Å². The van der Waals surface area contributed by atoms with Crippen molar-refractivity contribution in [2.24, 2.45) is 0 Å². The van der Waals surface area contributed by atoms with Crippen LogP contribution in [0.15, 0.2) is 47.4 Å². The molecule has 1 N–H and O–H groups in total. The number of fused-ring (bicyclic) bond motifs is 1. The molecule has 0 aromatic heterocycles. The average molecular weight is 349 g/mol. The molecule has 0 fully saturated rings. The van der Waals surface area contributed by atoms with Gasteiger partial charge >= 0.3 is 0 Å². The van der Waals surface area contributed by atoms with Crippen LogP contribution in [-0.2, 0) is 16.3 Å². The molecule has 0 aliphatic carbocycles. The Bertz CT molecular complexity index is 851. The van der Waals surface area contributed by atoms with Gasteiger partial charge in [0, 0.05) is 18.3 Å². The van der Waals surface area contributed by atoms with Crippen LogP contribution >= 0.6 is 0 Å². The van der Waals surface area contributed by atoms with Crippen molar-refractivity contribution >= 4 is 9.84 Å². The van der Waals surface area contributed by atoms with Gasteiger partial charge in [0.25, 0.3) is 0 Å². The molecule has 2 aromatic carbocycles. The highest BCUT2D eigenvalue weighted by molar-refractivity contribution is 7.90. The lowest BCUT2D eigenvalue weighted by Gasteiger charge is -2.29. The largest absolute Gasteiger partial charge is 0.492 e. The van der Waals surface area contributed by atoms with Crippen LogP contribution in [0, 0.1) is 5.82 Å². The van der Waals surface area contributed by atoms with Crippen molar-refractivity contribution in [1.82, 2.24) is 5.32 Å². The molecule has 3 rings (SSSR count). The van der Waals surface area contributed by atoms with E-state index in [0.717, 1.165) is 24.0 Å². The first-order valence-corrected chi connectivity index (χ1v) is 9.70. The highest BCUT2D eigenvalue weighted by Crippen LogP contribution is 2.26. The molecule has 6 heteroatoms. The van der Waals surface area contributed by atoms with Crippen LogP contribution in [0.2, 0.25) is 0 Å². The van der Waals surface area contributed by atoms with Crippen LogP contribution in [0.25, 0.3) is 0 Å². The second kappa shape index (κ2) is 6.53. The van der Waals surface area contributed by atoms with Crippen molar-refractivity contribution in [2.45, 2.75) is 30.3 Å². The van der Waals surface area contributed by atoms with Gasteiger partial charge in [-0.25, -0.2) is 12.8 Å². The van der Waals surface area contributed by atoms with E-state index in [0.29, 0.717) is 12.2 Å². The van der Waals surface area contributed by atoms with E-state index in [1.807, 2.05) is 31.2 Å². The smallest absolute Gasteiger partial charge is 0.178 e. The number of nitrogens with one attached hydrogen (secondary N) is 1. The molecule has 0 spiro atoms. The SMILES string of the molecule is C[C@@H](N[C@@H]1COc2ccccc2C1)c1ccc(S(C)(=O)=O)c(F)c1. The summed E-state index contributed by atoms with van der Waals surface area (Å²) in [5.74, 6) is 0.195. The first kappa shape index (κ1) is 16.9. The summed E-state index contributed by atoms with van der Waals surface area (Å²) in [6.07, 6.45) is 1.84. The fourth-order valence-electron chi connectivity index (χ4n) is 2.97. The minimum Gasteiger partial charge on any atom is -0.492 e.